The van der Waals surface area contributed by atoms with E-state index in [1.54, 1.807) is 6.08 Å². The normalized spacial score (nSPS) is 13.8. The van der Waals surface area contributed by atoms with Crippen molar-refractivity contribution >= 4 is 50.0 Å². The van der Waals surface area contributed by atoms with E-state index < -0.39 is 0 Å². The van der Waals surface area contributed by atoms with E-state index in [4.69, 9.17) is 11.5 Å². The predicted octanol–water partition coefficient (Wildman–Crippen LogP) is 15.7. The Morgan fingerprint density at radius 3 is 2.16 bits per heavy atom. The Bertz CT molecular complexity index is 2590. The van der Waals surface area contributed by atoms with Gasteiger partial charge < -0.3 is 21.4 Å². The Morgan fingerprint density at radius 1 is 0.726 bits per heavy atom. The number of nitrogens with one attached hydrogen (secondary N) is 1. The summed E-state index contributed by atoms with van der Waals surface area (Å²) >= 11 is 0. The predicted molar refractivity (Wildman–Crippen MR) is 277 cm³/mol. The fourth-order valence-corrected chi connectivity index (χ4v) is 6.76. The molecule has 0 radical (unpaired) electrons. The number of hydrogen-bond donors (Lipinski definition) is 3. The maximum Gasteiger partial charge on any atom is 0.0541 e. The van der Waals surface area contributed by atoms with Crippen LogP contribution in [0, 0.1) is 5.92 Å². The van der Waals surface area contributed by atoms with Gasteiger partial charge in [-0.3, -0.25) is 0 Å². The van der Waals surface area contributed by atoms with E-state index in [9.17, 15) is 0 Å². The fraction of sp³-hybridized carbons (Fsp3) is 0.138. The van der Waals surface area contributed by atoms with Gasteiger partial charge >= 0.3 is 0 Å². The van der Waals surface area contributed by atoms with E-state index in [1.807, 2.05) is 68.5 Å². The first-order chi connectivity index (χ1) is 30.3. The van der Waals surface area contributed by atoms with Crippen LogP contribution in [0.4, 0.5) is 11.4 Å². The Balaban J connectivity index is 0.000000959. The molecule has 0 bridgehead atoms. The van der Waals surface area contributed by atoms with E-state index >= 15 is 0 Å². The fourth-order valence-electron chi connectivity index (χ4n) is 6.76. The Kier molecular flexibility index (Phi) is 19.9. The molecule has 5 aromatic rings. The highest BCUT2D eigenvalue weighted by Gasteiger charge is 2.14. The lowest BCUT2D eigenvalue weighted by molar-refractivity contribution is 0.832. The number of anilines is 2. The molecule has 62 heavy (non-hydrogen) atoms. The van der Waals surface area contributed by atoms with Gasteiger partial charge in [0, 0.05) is 39.1 Å². The van der Waals surface area contributed by atoms with Gasteiger partial charge in [0.05, 0.1) is 11.0 Å². The van der Waals surface area contributed by atoms with Gasteiger partial charge in [0.15, 0.2) is 0 Å². The van der Waals surface area contributed by atoms with Crippen LogP contribution in [0.3, 0.4) is 0 Å². The molecule has 0 unspecified atom stereocenters. The van der Waals surface area contributed by atoms with Crippen LogP contribution in [0.25, 0.3) is 38.6 Å². The Hall–Kier alpha value is -7.30. The third-order valence-corrected chi connectivity index (χ3v) is 9.64. The molecule has 1 aromatic heterocycles. The summed E-state index contributed by atoms with van der Waals surface area (Å²) in [5, 5.41) is 6.00. The van der Waals surface area contributed by atoms with Crippen LogP contribution >= 0.6 is 0 Å². The van der Waals surface area contributed by atoms with Crippen LogP contribution in [-0.4, -0.2) is 4.57 Å². The summed E-state index contributed by atoms with van der Waals surface area (Å²) in [5.74, 6) is 0.492. The standard InChI is InChI=1S/C51H53N3.C7H11N/c1-7-21-40(25-20-24-38(4)5)48(52)31-15-11-14-28-44(23-9-3)54-50-33-19-17-30-46(50)47-37-42(34-35-51(47)54)41(22-8-2)36-39(6)45-29-16-18-32-49(45)53-43-26-12-10-13-27-43;1-2-3-4-5-6-7-8/h7-14,16-38,53H,2,15,52H2,1,3-6H3;2-7H,8H2,1H3/b14-11+,21-7-,23-9-,24-20+,39-36+,40-25+,41-22+,44-28+,48-31-;3-2+,5-4-,7-6-. The molecule has 0 fully saturated rings. The molecular weight excluding hydrogens is 753 g/mol. The van der Waals surface area contributed by atoms with Crippen molar-refractivity contribution < 1.29 is 0 Å². The molecule has 0 saturated carbocycles. The van der Waals surface area contributed by atoms with Crippen LogP contribution in [0.15, 0.2) is 237 Å². The van der Waals surface area contributed by atoms with Gasteiger partial charge in [-0.05, 0) is 123 Å². The van der Waals surface area contributed by atoms with Gasteiger partial charge in [0.25, 0.3) is 0 Å². The van der Waals surface area contributed by atoms with Crippen molar-refractivity contribution in [3.63, 3.8) is 0 Å². The number of aromatic nitrogens is 1. The molecule has 0 spiro atoms. The first-order valence-corrected chi connectivity index (χ1v) is 21.4. The largest absolute Gasteiger partial charge is 0.405 e. The maximum absolute atomic E-state index is 6.48. The SMILES string of the molecule is C/C=C/C=C\C=C/N.C=C/C=C(\C=C(/C)c1ccccc1Nc1ccccc1)c1ccc2c(c1)c1ccccc1n2C(/C=C\C)=C/C=C/C/C=C(N)/C(/C=C\C)=C/C=C/C(C)C. The smallest absolute Gasteiger partial charge is 0.0541 e. The van der Waals surface area contributed by atoms with Gasteiger partial charge in [0.1, 0.15) is 0 Å². The van der Waals surface area contributed by atoms with Crippen molar-refractivity contribution in [3.05, 3.63) is 248 Å². The number of fused-ring (bicyclic) bond motifs is 3. The van der Waals surface area contributed by atoms with Crippen molar-refractivity contribution in [2.24, 2.45) is 17.4 Å². The van der Waals surface area contributed by atoms with E-state index in [-0.39, 0.29) is 0 Å². The molecule has 4 nitrogen and oxygen atoms in total. The topological polar surface area (TPSA) is 69.0 Å². The van der Waals surface area contributed by atoms with Crippen molar-refractivity contribution in [2.45, 2.75) is 48.0 Å². The van der Waals surface area contributed by atoms with Crippen LogP contribution in [0.1, 0.15) is 59.1 Å². The molecule has 316 valence electrons. The molecule has 0 aliphatic carbocycles. The zero-order chi connectivity index (χ0) is 44.5. The summed E-state index contributed by atoms with van der Waals surface area (Å²) in [5.41, 5.74) is 23.4. The number of hydrogen-bond acceptors (Lipinski definition) is 3. The number of para-hydroxylation sites is 3. The van der Waals surface area contributed by atoms with E-state index in [2.05, 4.69) is 196 Å². The van der Waals surface area contributed by atoms with Gasteiger partial charge in [-0.15, -0.1) is 0 Å². The molecule has 0 aliphatic rings. The highest BCUT2D eigenvalue weighted by Crippen LogP contribution is 2.36. The summed E-state index contributed by atoms with van der Waals surface area (Å²) in [6, 6.07) is 34.1. The highest BCUT2D eigenvalue weighted by molar-refractivity contribution is 6.11. The second kappa shape index (κ2) is 26.0. The van der Waals surface area contributed by atoms with Gasteiger partial charge in [-0.2, -0.15) is 0 Å². The first kappa shape index (κ1) is 47.4. The third kappa shape index (κ3) is 14.2. The Morgan fingerprint density at radius 2 is 1.44 bits per heavy atom. The average Bonchev–Trinajstić information content (AvgIpc) is 3.61. The molecular formula is C58H64N4. The number of nitrogens with two attached hydrogens (primary N) is 2. The summed E-state index contributed by atoms with van der Waals surface area (Å²) in [7, 11) is 0. The highest BCUT2D eigenvalue weighted by atomic mass is 15.0. The molecule has 0 saturated heterocycles. The minimum atomic E-state index is 0.492. The van der Waals surface area contributed by atoms with E-state index in [0.29, 0.717) is 5.92 Å². The van der Waals surface area contributed by atoms with E-state index in [1.165, 1.54) is 17.0 Å². The zero-order valence-corrected chi connectivity index (χ0v) is 37.4. The lowest BCUT2D eigenvalue weighted by Gasteiger charge is -2.14. The van der Waals surface area contributed by atoms with Gasteiger partial charge in [-0.1, -0.05) is 178 Å². The Labute approximate surface area is 371 Å². The number of allylic oxidation sites excluding steroid dienone is 22. The lowest BCUT2D eigenvalue weighted by atomic mass is 9.97. The monoisotopic (exact) mass is 817 g/mol. The lowest BCUT2D eigenvalue weighted by Crippen LogP contribution is -1.99. The van der Waals surface area contributed by atoms with Crippen LogP contribution in [0.5, 0.6) is 0 Å². The summed E-state index contributed by atoms with van der Waals surface area (Å²) in [6.45, 7) is 16.6. The van der Waals surface area contributed by atoms with Crippen LogP contribution in [-0.2, 0) is 0 Å². The molecule has 0 atom stereocenters. The van der Waals surface area contributed by atoms with Crippen LogP contribution < -0.4 is 16.8 Å². The zero-order valence-electron chi connectivity index (χ0n) is 37.4. The molecule has 4 heteroatoms. The second-order valence-electron chi connectivity index (χ2n) is 14.8. The molecule has 5 N–H and O–H groups in total. The molecule has 0 amide bonds. The molecule has 4 aromatic carbocycles. The number of nitrogens with zero attached hydrogens (tertiary/aromatic N) is 1. The number of rotatable bonds is 17. The quantitative estimate of drug-likeness (QED) is 0.0819. The van der Waals surface area contributed by atoms with Crippen molar-refractivity contribution in [1.82, 2.24) is 4.57 Å². The molecule has 1 heterocycles. The van der Waals surface area contributed by atoms with Crippen molar-refractivity contribution in [2.75, 3.05) is 5.32 Å². The third-order valence-electron chi connectivity index (χ3n) is 9.64. The molecule has 5 rings (SSSR count). The minimum Gasteiger partial charge on any atom is -0.405 e. The van der Waals surface area contributed by atoms with Crippen molar-refractivity contribution in [1.29, 1.82) is 0 Å². The van der Waals surface area contributed by atoms with Crippen LogP contribution in [0.2, 0.25) is 0 Å². The number of benzene rings is 4. The second-order valence-corrected chi connectivity index (χ2v) is 14.8. The summed E-state index contributed by atoms with van der Waals surface area (Å²) in [4.78, 5) is 0. The minimum absolute atomic E-state index is 0.492. The summed E-state index contributed by atoms with van der Waals surface area (Å²) in [6.07, 6.45) is 41.1. The average molecular weight is 817 g/mol. The maximum atomic E-state index is 6.48. The van der Waals surface area contributed by atoms with E-state index in [0.717, 1.165) is 68.1 Å². The first-order valence-electron chi connectivity index (χ1n) is 21.4. The van der Waals surface area contributed by atoms with Crippen molar-refractivity contribution in [3.8, 4) is 0 Å². The summed E-state index contributed by atoms with van der Waals surface area (Å²) < 4.78 is 2.35. The van der Waals surface area contributed by atoms with Gasteiger partial charge in [-0.25, -0.2) is 0 Å². The van der Waals surface area contributed by atoms with Gasteiger partial charge in [0.2, 0.25) is 0 Å². The molecule has 0 aliphatic heterocycles.